The van der Waals surface area contributed by atoms with E-state index < -0.39 is 0 Å². The number of hydrogen-bond acceptors (Lipinski definition) is 4. The van der Waals surface area contributed by atoms with E-state index in [2.05, 4.69) is 15.3 Å². The maximum Gasteiger partial charge on any atom is 0.146 e. The van der Waals surface area contributed by atoms with E-state index in [-0.39, 0.29) is 11.9 Å². The van der Waals surface area contributed by atoms with Crippen molar-refractivity contribution in [3.05, 3.63) is 53.9 Å². The average Bonchev–Trinajstić information content (AvgIpc) is 2.34. The highest BCUT2D eigenvalue weighted by Gasteiger charge is 2.18. The van der Waals surface area contributed by atoms with Gasteiger partial charge >= 0.3 is 0 Å². The molecule has 1 atom stereocenters. The Bertz CT molecular complexity index is 470. The zero-order valence-corrected chi connectivity index (χ0v) is 9.39. The Morgan fingerprint density at radius 3 is 2.53 bits per heavy atom. The minimum absolute atomic E-state index is 0.327. The lowest BCUT2D eigenvalue weighted by molar-refractivity contribution is 0.570. The first-order chi connectivity index (χ1) is 8.24. The Morgan fingerprint density at radius 2 is 1.88 bits per heavy atom. The molecule has 88 valence electrons. The van der Waals surface area contributed by atoms with E-state index in [0.717, 1.165) is 5.56 Å². The predicted molar refractivity (Wildman–Crippen MR) is 63.7 cm³/mol. The lowest BCUT2D eigenvalue weighted by Crippen LogP contribution is -2.20. The number of halogens is 1. The van der Waals surface area contributed by atoms with Gasteiger partial charge in [-0.1, -0.05) is 0 Å². The number of nitrogens with one attached hydrogen (secondary N) is 1. The van der Waals surface area contributed by atoms with E-state index in [9.17, 15) is 4.39 Å². The summed E-state index contributed by atoms with van der Waals surface area (Å²) in [6, 6.07) is 2.99. The van der Waals surface area contributed by atoms with Gasteiger partial charge in [-0.3, -0.25) is 9.97 Å². The lowest BCUT2D eigenvalue weighted by Gasteiger charge is -2.18. The fourth-order valence-corrected chi connectivity index (χ4v) is 1.76. The lowest BCUT2D eigenvalue weighted by atomic mass is 10.00. The number of nitrogen functional groups attached to an aromatic ring is 1. The van der Waals surface area contributed by atoms with Gasteiger partial charge in [-0.25, -0.2) is 4.39 Å². The minimum Gasteiger partial charge on any atom is -0.398 e. The molecule has 0 aromatic carbocycles. The second-order valence-corrected chi connectivity index (χ2v) is 3.62. The molecule has 5 heteroatoms. The van der Waals surface area contributed by atoms with Crippen LogP contribution in [0.15, 0.2) is 36.9 Å². The number of rotatable bonds is 3. The second kappa shape index (κ2) is 4.88. The molecule has 0 aliphatic carbocycles. The zero-order chi connectivity index (χ0) is 12.3. The fraction of sp³-hybridized carbons (Fsp3) is 0.167. The van der Waals surface area contributed by atoms with Gasteiger partial charge in [-0.15, -0.1) is 0 Å². The van der Waals surface area contributed by atoms with Gasteiger partial charge in [0.15, 0.2) is 0 Å². The highest BCUT2D eigenvalue weighted by molar-refractivity contribution is 5.49. The topological polar surface area (TPSA) is 63.8 Å². The fourth-order valence-electron chi connectivity index (χ4n) is 1.76. The summed E-state index contributed by atoms with van der Waals surface area (Å²) in [5.74, 6) is -0.366. The smallest absolute Gasteiger partial charge is 0.146 e. The first-order valence-electron chi connectivity index (χ1n) is 5.20. The molecule has 17 heavy (non-hydrogen) atoms. The Labute approximate surface area is 98.7 Å². The molecular weight excluding hydrogens is 219 g/mol. The number of nitrogens with zero attached hydrogens (tertiary/aromatic N) is 2. The molecule has 2 aromatic heterocycles. The van der Waals surface area contributed by atoms with Crippen LogP contribution in [-0.4, -0.2) is 17.0 Å². The summed E-state index contributed by atoms with van der Waals surface area (Å²) in [5.41, 5.74) is 7.70. The number of pyridine rings is 2. The maximum atomic E-state index is 13.7. The summed E-state index contributed by atoms with van der Waals surface area (Å²) in [4.78, 5) is 7.74. The van der Waals surface area contributed by atoms with E-state index in [1.807, 2.05) is 0 Å². The molecule has 0 aliphatic heterocycles. The minimum atomic E-state index is -0.366. The summed E-state index contributed by atoms with van der Waals surface area (Å²) in [7, 11) is 1.75. The SMILES string of the molecule is CNC(c1cnccc1N)c1ccncc1F. The van der Waals surface area contributed by atoms with E-state index >= 15 is 0 Å². The van der Waals surface area contributed by atoms with Crippen molar-refractivity contribution in [2.45, 2.75) is 6.04 Å². The van der Waals surface area contributed by atoms with Crippen molar-refractivity contribution in [2.75, 3.05) is 12.8 Å². The van der Waals surface area contributed by atoms with E-state index in [1.165, 1.54) is 6.20 Å². The van der Waals surface area contributed by atoms with Gasteiger partial charge in [0.05, 0.1) is 12.2 Å². The van der Waals surface area contributed by atoms with Crippen molar-refractivity contribution in [3.63, 3.8) is 0 Å². The zero-order valence-electron chi connectivity index (χ0n) is 9.39. The summed E-state index contributed by atoms with van der Waals surface area (Å²) >= 11 is 0. The first-order valence-corrected chi connectivity index (χ1v) is 5.20. The highest BCUT2D eigenvalue weighted by Crippen LogP contribution is 2.26. The molecule has 0 amide bonds. The molecule has 0 spiro atoms. The Balaban J connectivity index is 2.48. The normalized spacial score (nSPS) is 12.4. The molecule has 3 N–H and O–H groups in total. The van der Waals surface area contributed by atoms with Crippen molar-refractivity contribution in [3.8, 4) is 0 Å². The molecule has 0 fully saturated rings. The number of anilines is 1. The van der Waals surface area contributed by atoms with Gasteiger partial charge in [-0.2, -0.15) is 0 Å². The second-order valence-electron chi connectivity index (χ2n) is 3.62. The van der Waals surface area contributed by atoms with Crippen molar-refractivity contribution < 1.29 is 4.39 Å². The van der Waals surface area contributed by atoms with Gasteiger partial charge in [0.25, 0.3) is 0 Å². The summed E-state index contributed by atoms with van der Waals surface area (Å²) in [5, 5.41) is 3.03. The van der Waals surface area contributed by atoms with Crippen LogP contribution < -0.4 is 11.1 Å². The van der Waals surface area contributed by atoms with Crippen molar-refractivity contribution in [1.82, 2.24) is 15.3 Å². The van der Waals surface area contributed by atoms with Crippen LogP contribution in [0.2, 0.25) is 0 Å². The molecule has 0 aliphatic rings. The van der Waals surface area contributed by atoms with E-state index in [0.29, 0.717) is 11.3 Å². The van der Waals surface area contributed by atoms with Crippen LogP contribution in [0.3, 0.4) is 0 Å². The average molecular weight is 232 g/mol. The van der Waals surface area contributed by atoms with Crippen LogP contribution in [0.4, 0.5) is 10.1 Å². The van der Waals surface area contributed by atoms with E-state index in [1.54, 1.807) is 37.8 Å². The van der Waals surface area contributed by atoms with Crippen LogP contribution in [0.1, 0.15) is 17.2 Å². The van der Waals surface area contributed by atoms with E-state index in [4.69, 9.17) is 5.73 Å². The summed E-state index contributed by atoms with van der Waals surface area (Å²) < 4.78 is 13.7. The number of hydrogen-bond donors (Lipinski definition) is 2. The molecule has 4 nitrogen and oxygen atoms in total. The van der Waals surface area contributed by atoms with Crippen LogP contribution in [0.5, 0.6) is 0 Å². The molecule has 0 saturated carbocycles. The molecule has 2 rings (SSSR count). The largest absolute Gasteiger partial charge is 0.398 e. The molecule has 0 saturated heterocycles. The molecule has 0 bridgehead atoms. The van der Waals surface area contributed by atoms with Gasteiger partial charge < -0.3 is 11.1 Å². The van der Waals surface area contributed by atoms with Crippen LogP contribution in [0, 0.1) is 5.82 Å². The summed E-state index contributed by atoms with van der Waals surface area (Å²) in [6.07, 6.45) is 5.98. The van der Waals surface area contributed by atoms with Crippen molar-refractivity contribution in [2.24, 2.45) is 0 Å². The van der Waals surface area contributed by atoms with Gasteiger partial charge in [0.1, 0.15) is 5.82 Å². The molecule has 1 unspecified atom stereocenters. The highest BCUT2D eigenvalue weighted by atomic mass is 19.1. The maximum absolute atomic E-state index is 13.7. The third-order valence-electron chi connectivity index (χ3n) is 2.60. The van der Waals surface area contributed by atoms with Crippen molar-refractivity contribution >= 4 is 5.69 Å². The Hall–Kier alpha value is -2.01. The third-order valence-corrected chi connectivity index (χ3v) is 2.60. The van der Waals surface area contributed by atoms with Gasteiger partial charge in [0.2, 0.25) is 0 Å². The molecule has 2 aromatic rings. The predicted octanol–water partition coefficient (Wildman–Crippen LogP) is 1.51. The number of nitrogens with two attached hydrogens (primary N) is 1. The number of aromatic nitrogens is 2. The first kappa shape index (κ1) is 11.5. The Kier molecular flexibility index (Phi) is 3.30. The Morgan fingerprint density at radius 1 is 1.18 bits per heavy atom. The molecular formula is C12H13FN4. The van der Waals surface area contributed by atoms with Gasteiger partial charge in [0, 0.05) is 35.4 Å². The van der Waals surface area contributed by atoms with Crippen LogP contribution in [0.25, 0.3) is 0 Å². The quantitative estimate of drug-likeness (QED) is 0.842. The van der Waals surface area contributed by atoms with Crippen LogP contribution in [-0.2, 0) is 0 Å². The molecule has 0 radical (unpaired) electrons. The summed E-state index contributed by atoms with van der Waals surface area (Å²) in [6.45, 7) is 0. The van der Waals surface area contributed by atoms with Crippen LogP contribution >= 0.6 is 0 Å². The standard InChI is InChI=1S/C12H13FN4/c1-15-12(8-2-4-17-7-10(8)13)9-6-16-5-3-11(9)14/h2-7,12,15H,1H3,(H2,14,16). The van der Waals surface area contributed by atoms with Crippen molar-refractivity contribution in [1.29, 1.82) is 0 Å². The van der Waals surface area contributed by atoms with Gasteiger partial charge in [-0.05, 0) is 19.2 Å². The third kappa shape index (κ3) is 2.24. The monoisotopic (exact) mass is 232 g/mol. The molecule has 2 heterocycles.